The minimum atomic E-state index is -0.907. The molecule has 5 N–H and O–H groups in total. The molecule has 2 aromatic rings. The molecule has 264 valence electrons. The van der Waals surface area contributed by atoms with Gasteiger partial charge >= 0.3 is 6.01 Å². The number of amides is 1. The third-order valence-electron chi connectivity index (χ3n) is 11.0. The maximum atomic E-state index is 14.6. The highest BCUT2D eigenvalue weighted by atomic mass is 35.5. The minimum absolute atomic E-state index is 0.0587. The molecule has 0 unspecified atom stereocenters. The first kappa shape index (κ1) is 34.4. The summed E-state index contributed by atoms with van der Waals surface area (Å²) < 4.78 is 21.0. The minimum Gasteiger partial charge on any atom is -0.461 e. The number of hydrogen-bond donors (Lipinski definition) is 3. The van der Waals surface area contributed by atoms with Crippen molar-refractivity contribution < 1.29 is 19.2 Å². The topological polar surface area (TPSA) is 179 Å². The summed E-state index contributed by atoms with van der Waals surface area (Å²) >= 11 is 8.18. The van der Waals surface area contributed by atoms with E-state index in [4.69, 9.17) is 37.4 Å². The van der Waals surface area contributed by atoms with E-state index in [2.05, 4.69) is 21.9 Å². The first-order valence-corrected chi connectivity index (χ1v) is 18.4. The number of fused-ring (bicyclic) bond motifs is 3. The Kier molecular flexibility index (Phi) is 9.14. The Morgan fingerprint density at radius 2 is 1.90 bits per heavy atom. The highest BCUT2D eigenvalue weighted by molar-refractivity contribution is 7.16. The molecule has 7 rings (SSSR count). The predicted molar refractivity (Wildman–Crippen MR) is 188 cm³/mol. The molecule has 1 spiro atoms. The molecule has 0 radical (unpaired) electrons. The zero-order valence-corrected chi connectivity index (χ0v) is 30.0. The number of ether oxygens (including phenoxy) is 1. The van der Waals surface area contributed by atoms with Gasteiger partial charge in [0.1, 0.15) is 51.9 Å². The molecule has 1 amide bonds. The van der Waals surface area contributed by atoms with Crippen LogP contribution < -0.4 is 25.6 Å². The molecule has 4 fully saturated rings. The van der Waals surface area contributed by atoms with Crippen LogP contribution in [0.3, 0.4) is 0 Å². The van der Waals surface area contributed by atoms with Crippen LogP contribution in [-0.4, -0.2) is 110 Å². The Morgan fingerprint density at radius 1 is 1.16 bits per heavy atom. The van der Waals surface area contributed by atoms with E-state index in [0.29, 0.717) is 67.0 Å². The monoisotopic (exact) mass is 722 g/mol. The number of quaternary nitrogens is 1. The summed E-state index contributed by atoms with van der Waals surface area (Å²) in [6.07, 6.45) is 4.81. The molecule has 0 aromatic carbocycles. The van der Waals surface area contributed by atoms with Crippen molar-refractivity contribution in [1.29, 1.82) is 15.9 Å². The number of carbonyl (C=O) groups excluding carboxylic acids is 1. The number of nitrogens with zero attached hydrogens (tertiary/aromatic N) is 8. The van der Waals surface area contributed by atoms with Crippen LogP contribution in [0.5, 0.6) is 6.01 Å². The number of alkyl halides is 1. The number of nitriles is 2. The zero-order valence-electron chi connectivity index (χ0n) is 28.4. The van der Waals surface area contributed by atoms with Gasteiger partial charge in [-0.3, -0.25) is 15.1 Å². The van der Waals surface area contributed by atoms with Crippen molar-refractivity contribution in [2.75, 3.05) is 82.0 Å². The number of rotatable bonds is 7. The van der Waals surface area contributed by atoms with E-state index >= 15 is 0 Å². The van der Waals surface area contributed by atoms with Crippen LogP contribution in [-0.2, 0) is 16.6 Å². The van der Waals surface area contributed by atoms with Crippen molar-refractivity contribution in [2.24, 2.45) is 0 Å². The van der Waals surface area contributed by atoms with E-state index < -0.39 is 17.6 Å². The summed E-state index contributed by atoms with van der Waals surface area (Å²) in [6.45, 7) is 4.01. The van der Waals surface area contributed by atoms with E-state index in [-0.39, 0.29) is 40.9 Å². The van der Waals surface area contributed by atoms with Gasteiger partial charge in [-0.1, -0.05) is 11.6 Å². The van der Waals surface area contributed by atoms with Crippen LogP contribution in [0.1, 0.15) is 60.1 Å². The van der Waals surface area contributed by atoms with Crippen molar-refractivity contribution >= 4 is 51.2 Å². The quantitative estimate of drug-likeness (QED) is 0.359. The van der Waals surface area contributed by atoms with Crippen molar-refractivity contribution in [2.45, 2.75) is 62.1 Å². The van der Waals surface area contributed by atoms with Gasteiger partial charge in [0.05, 0.1) is 24.2 Å². The van der Waals surface area contributed by atoms with Crippen LogP contribution in [0.25, 0.3) is 0 Å². The number of halogens is 2. The number of nitrogens with one attached hydrogen (secondary N) is 1. The molecule has 6 heterocycles. The van der Waals surface area contributed by atoms with E-state index in [0.717, 1.165) is 55.5 Å². The Labute approximate surface area is 299 Å². The number of aromatic nitrogens is 2. The summed E-state index contributed by atoms with van der Waals surface area (Å²) in [4.78, 5) is 31.0. The molecule has 2 aromatic heterocycles. The Balaban J connectivity index is 1.25. The number of carbonyl (C=O) groups is 1. The van der Waals surface area contributed by atoms with Gasteiger partial charge in [0.15, 0.2) is 11.6 Å². The lowest BCUT2D eigenvalue weighted by Gasteiger charge is -2.53. The second kappa shape index (κ2) is 13.3. The van der Waals surface area contributed by atoms with E-state index in [1.165, 1.54) is 16.2 Å². The number of anilines is 3. The molecule has 16 heteroatoms. The van der Waals surface area contributed by atoms with Gasteiger partial charge in [0, 0.05) is 63.4 Å². The summed E-state index contributed by atoms with van der Waals surface area (Å²) in [5.74, 6) is 0.327. The standard InChI is InChI=1S/C34H41ClFN11O2S/c1-44(2)31(48)27(39)26(35)23-16-45(10-5-9-41-23)29-22(14-38)30(43-32(42-29)49-19-34-8-4-11-47(34)15-20(36)12-34)46-17-33(18-46)7-3-6-24-25(33)21(13-37)28(40)50-24/h20,39,41H,3-12,15-19,40H2,1-2H3/p+1/b26-23+,39-27?/t20-,34+/m1/s1. The maximum Gasteiger partial charge on any atom is 0.320 e. The second-order valence-corrected chi connectivity index (χ2v) is 15.9. The van der Waals surface area contributed by atoms with Gasteiger partial charge in [-0.15, -0.1) is 11.3 Å². The van der Waals surface area contributed by atoms with Gasteiger partial charge in [-0.2, -0.15) is 20.5 Å². The van der Waals surface area contributed by atoms with E-state index in [1.807, 2.05) is 10.2 Å². The first-order valence-electron chi connectivity index (χ1n) is 17.2. The molecule has 5 aliphatic rings. The second-order valence-electron chi connectivity index (χ2n) is 14.4. The van der Waals surface area contributed by atoms with E-state index in [9.17, 15) is 19.7 Å². The molecule has 4 aliphatic heterocycles. The molecule has 50 heavy (non-hydrogen) atoms. The third kappa shape index (κ3) is 5.84. The van der Waals surface area contributed by atoms with Crippen LogP contribution in [0, 0.1) is 28.1 Å². The van der Waals surface area contributed by atoms with Gasteiger partial charge in [-0.25, -0.2) is 4.39 Å². The fourth-order valence-electron chi connectivity index (χ4n) is 8.62. The lowest BCUT2D eigenvalue weighted by Crippen LogP contribution is -2.83. The van der Waals surface area contributed by atoms with Gasteiger partial charge in [-0.05, 0) is 44.2 Å². The molecular formula is C34H42ClFN11O2S+. The van der Waals surface area contributed by atoms with Gasteiger partial charge in [0.25, 0.3) is 5.91 Å². The van der Waals surface area contributed by atoms with Gasteiger partial charge < -0.3 is 30.5 Å². The van der Waals surface area contributed by atoms with Crippen molar-refractivity contribution in [3.63, 3.8) is 0 Å². The number of nitrogens with two attached hydrogens (primary N) is 2. The van der Waals surface area contributed by atoms with E-state index in [1.54, 1.807) is 14.1 Å². The lowest BCUT2D eigenvalue weighted by molar-refractivity contribution is -0.605. The maximum absolute atomic E-state index is 14.6. The van der Waals surface area contributed by atoms with Gasteiger partial charge in [0.2, 0.25) is 0 Å². The van der Waals surface area contributed by atoms with Crippen molar-refractivity contribution in [3.8, 4) is 18.1 Å². The summed E-state index contributed by atoms with van der Waals surface area (Å²) in [5, 5.41) is 31.7. The Morgan fingerprint density at radius 3 is 2.62 bits per heavy atom. The zero-order chi connectivity index (χ0) is 35.4. The average molecular weight is 723 g/mol. The molecule has 13 nitrogen and oxygen atoms in total. The highest BCUT2D eigenvalue weighted by Crippen LogP contribution is 2.51. The first-order chi connectivity index (χ1) is 24.0. The Bertz CT molecular complexity index is 1840. The number of hydrogen-bond acceptors (Lipinski definition) is 12. The molecular weight excluding hydrogens is 681 g/mol. The van der Waals surface area contributed by atoms with Crippen LogP contribution in [0.15, 0.2) is 10.7 Å². The predicted octanol–water partition coefficient (Wildman–Crippen LogP) is 2.25. The summed E-state index contributed by atoms with van der Waals surface area (Å²) in [6, 6.07) is 4.84. The summed E-state index contributed by atoms with van der Waals surface area (Å²) in [5.41, 5.74) is 7.80. The molecule has 0 bridgehead atoms. The average Bonchev–Trinajstić information content (AvgIpc) is 3.65. The number of nitrogen functional groups attached to an aromatic ring is 1. The summed E-state index contributed by atoms with van der Waals surface area (Å²) in [7, 11) is 3.15. The fraction of sp³-hybridized carbons (Fsp3) is 0.588. The fourth-order valence-corrected chi connectivity index (χ4v) is 10.0. The normalized spacial score (nSPS) is 25.2. The van der Waals surface area contributed by atoms with Crippen molar-refractivity contribution in [1.82, 2.24) is 19.8 Å². The smallest absolute Gasteiger partial charge is 0.320 e. The Hall–Kier alpha value is -4.02. The highest BCUT2D eigenvalue weighted by Gasteiger charge is 2.52. The van der Waals surface area contributed by atoms with Crippen LogP contribution in [0.4, 0.5) is 21.0 Å². The molecule has 2 atom stereocenters. The van der Waals surface area contributed by atoms with Crippen LogP contribution in [0.2, 0.25) is 0 Å². The lowest BCUT2D eigenvalue weighted by atomic mass is 9.66. The van der Waals surface area contributed by atoms with Crippen LogP contribution >= 0.6 is 22.9 Å². The molecule has 1 aliphatic carbocycles. The van der Waals surface area contributed by atoms with Crippen molar-refractivity contribution in [3.05, 3.63) is 32.3 Å². The number of aryl methyl sites for hydroxylation is 1. The largest absolute Gasteiger partial charge is 0.461 e. The molecule has 0 saturated carbocycles. The SMILES string of the molecule is CN(C)C(=O)C(=N)/C(Cl)=C1/CN(c2nc(OC[C@@]34CCCN3C[C@H](F)C4)nc(N3CC4(CCCc5sc(N)c(C#N)c54)C3)c2C#N)CCC[NH2+]1. The number of thiophene rings is 1. The molecule has 4 saturated heterocycles. The third-order valence-corrected chi connectivity index (χ3v) is 12.5.